The molecule has 0 radical (unpaired) electrons. The Bertz CT molecular complexity index is 3200. The molecule has 0 bridgehead atoms. The number of ether oxygens (including phenoxy) is 1. The number of imide groups is 1. The lowest BCUT2D eigenvalue weighted by Crippen LogP contribution is -2.55. The molecule has 1 aliphatic carbocycles. The molecule has 4 saturated heterocycles. The molecule has 6 heterocycles. The van der Waals surface area contributed by atoms with Crippen LogP contribution in [0.25, 0.3) is 21.9 Å². The number of hydrogen-bond acceptors (Lipinski definition) is 13. The summed E-state index contributed by atoms with van der Waals surface area (Å²) < 4.78 is 53.6. The second-order valence-corrected chi connectivity index (χ2v) is 24.6. The zero-order chi connectivity index (χ0) is 51.4. The first-order valence-electron chi connectivity index (χ1n) is 25.5. The number of amides is 3. The zero-order valence-electron chi connectivity index (χ0n) is 41.6. The predicted molar refractivity (Wildman–Crippen MR) is 287 cm³/mol. The lowest BCUT2D eigenvalue weighted by molar-refractivity contribution is -0.137. The van der Waals surface area contributed by atoms with Crippen LogP contribution in [0.3, 0.4) is 0 Å². The number of nitrogens with zero attached hydrogens (tertiary/aromatic N) is 8. The summed E-state index contributed by atoms with van der Waals surface area (Å²) in [6.45, 7) is 8.82. The van der Waals surface area contributed by atoms with E-state index >= 15 is 8.78 Å². The SMILES string of the molecule is Cn1cc(-c2cc(Nc3ncc(Br)c(Nc4ccc5ccccc5c4P(C)(C)=O)n3)c(OC3CC3)cc2N2CCC(N3CCN(C(=O)[C@@H]4CCN(c5cc(F)c(C6CCC(=O)NC6=O)c(F)c5)C4)CC3)CC2)cn1. The summed E-state index contributed by atoms with van der Waals surface area (Å²) in [6, 6.07) is 19.0. The molecule has 2 aromatic heterocycles. The van der Waals surface area contributed by atoms with Gasteiger partial charge in [0.1, 0.15) is 30.3 Å². The summed E-state index contributed by atoms with van der Waals surface area (Å²) in [5, 5.41) is 16.4. The molecule has 3 amide bonds. The number of anilines is 6. The number of nitrogens with one attached hydrogen (secondary N) is 3. The van der Waals surface area contributed by atoms with Crippen LogP contribution in [0.2, 0.25) is 0 Å². The molecule has 3 N–H and O–H groups in total. The largest absolute Gasteiger partial charge is 0.488 e. The van der Waals surface area contributed by atoms with Crippen molar-refractivity contribution in [2.75, 3.05) is 86.1 Å². The molecule has 0 spiro atoms. The summed E-state index contributed by atoms with van der Waals surface area (Å²) in [4.78, 5) is 56.2. The Balaban J connectivity index is 0.751. The van der Waals surface area contributed by atoms with Gasteiger partial charge in [-0.15, -0.1) is 0 Å². The van der Waals surface area contributed by atoms with Crippen LogP contribution in [0.1, 0.15) is 56.4 Å². The van der Waals surface area contributed by atoms with Crippen molar-refractivity contribution in [2.45, 2.75) is 63.0 Å². The van der Waals surface area contributed by atoms with Gasteiger partial charge in [0, 0.05) is 124 Å². The number of fused-ring (bicyclic) bond motifs is 1. The first-order valence-corrected chi connectivity index (χ1v) is 28.9. The molecule has 4 aliphatic heterocycles. The standard InChI is InChI=1S/C54H59BrF2N11O5P/c1-64-30-34(28-59-64)40-26-45(61-54-58-29-41(55)51(63-54)60-44-12-8-32-6-4-5-7-38(32)50(44)74(2,3)72)47(73-37-9-10-37)27-46(40)66-18-15-35(16-19-66)65-20-22-67(23-21-65)53(71)33-14-17-68(31-33)36-24-42(56)49(43(57)25-36)39-11-13-48(69)62-52(39)70/h4-8,12,24-30,33,35,37,39H,9-11,13-23,31H2,1-3H3,(H,62,69,70)(H2,58,60,61,63)/t33-,39?/m1/s1. The highest BCUT2D eigenvalue weighted by Gasteiger charge is 2.38. The van der Waals surface area contributed by atoms with Crippen LogP contribution in [0.5, 0.6) is 5.75 Å². The fraction of sp³-hybridized carbons (Fsp3) is 0.407. The van der Waals surface area contributed by atoms with Crippen molar-refractivity contribution >= 4 is 91.4 Å². The number of carbonyl (C=O) groups excluding carboxylic acids is 3. The summed E-state index contributed by atoms with van der Waals surface area (Å²) in [5.41, 5.74) is 4.47. The van der Waals surface area contributed by atoms with Gasteiger partial charge in [0.05, 0.1) is 40.0 Å². The van der Waals surface area contributed by atoms with Gasteiger partial charge in [0.25, 0.3) is 0 Å². The Morgan fingerprint density at radius 3 is 2.30 bits per heavy atom. The van der Waals surface area contributed by atoms with E-state index in [4.69, 9.17) is 9.72 Å². The monoisotopic (exact) mass is 1090 g/mol. The smallest absolute Gasteiger partial charge is 0.234 e. The maximum absolute atomic E-state index is 15.4. The Kier molecular flexibility index (Phi) is 13.7. The van der Waals surface area contributed by atoms with Crippen LogP contribution in [0, 0.1) is 17.6 Å². The number of piperidine rings is 2. The van der Waals surface area contributed by atoms with Gasteiger partial charge in [0.15, 0.2) is 0 Å². The van der Waals surface area contributed by atoms with Crippen LogP contribution in [-0.4, -0.2) is 125 Å². The third-order valence-corrected chi connectivity index (χ3v) is 17.3. The van der Waals surface area contributed by atoms with Gasteiger partial charge in [-0.3, -0.25) is 29.3 Å². The molecule has 386 valence electrons. The summed E-state index contributed by atoms with van der Waals surface area (Å²) in [7, 11) is -0.819. The molecule has 16 nitrogen and oxygen atoms in total. The van der Waals surface area contributed by atoms with E-state index in [2.05, 4.69) is 63.9 Å². The molecule has 6 aromatic rings. The van der Waals surface area contributed by atoms with Gasteiger partial charge < -0.3 is 34.6 Å². The molecule has 74 heavy (non-hydrogen) atoms. The molecule has 2 atom stereocenters. The number of aryl methyl sites for hydroxylation is 1. The number of rotatable bonds is 13. The van der Waals surface area contributed by atoms with Crippen molar-refractivity contribution in [1.82, 2.24) is 34.9 Å². The third kappa shape index (κ3) is 10.3. The minimum Gasteiger partial charge on any atom is -0.488 e. The first kappa shape index (κ1) is 49.8. The number of carbonyl (C=O) groups is 3. The summed E-state index contributed by atoms with van der Waals surface area (Å²) in [5.74, 6) is -2.49. The number of benzene rings is 4. The van der Waals surface area contributed by atoms with Crippen LogP contribution in [0.15, 0.2) is 83.7 Å². The second-order valence-electron chi connectivity index (χ2n) is 20.6. The quantitative estimate of drug-likeness (QED) is 0.0744. The minimum atomic E-state index is -2.73. The summed E-state index contributed by atoms with van der Waals surface area (Å²) in [6.07, 6.45) is 10.2. The Labute approximate surface area is 436 Å². The van der Waals surface area contributed by atoms with E-state index in [9.17, 15) is 18.9 Å². The van der Waals surface area contributed by atoms with E-state index in [1.807, 2.05) is 65.6 Å². The van der Waals surface area contributed by atoms with E-state index in [-0.39, 0.29) is 36.3 Å². The average molecular weight is 1090 g/mol. The van der Waals surface area contributed by atoms with Crippen molar-refractivity contribution in [3.05, 3.63) is 101 Å². The van der Waals surface area contributed by atoms with Crippen LogP contribution < -0.4 is 35.8 Å². The van der Waals surface area contributed by atoms with Crippen molar-refractivity contribution in [2.24, 2.45) is 13.0 Å². The number of halogens is 3. The first-order chi connectivity index (χ1) is 35.6. The number of hydrogen-bond donors (Lipinski definition) is 3. The van der Waals surface area contributed by atoms with Crippen molar-refractivity contribution in [1.29, 1.82) is 0 Å². The van der Waals surface area contributed by atoms with Gasteiger partial charge in [-0.05, 0) is 103 Å². The third-order valence-electron chi connectivity index (χ3n) is 15.1. The lowest BCUT2D eigenvalue weighted by atomic mass is 9.89. The highest BCUT2D eigenvalue weighted by Crippen LogP contribution is 2.45. The van der Waals surface area contributed by atoms with Gasteiger partial charge in [-0.2, -0.15) is 10.1 Å². The van der Waals surface area contributed by atoms with E-state index in [0.717, 1.165) is 90.4 Å². The Hall–Kier alpha value is -6.43. The molecule has 4 aromatic carbocycles. The molecular formula is C54H59BrF2N11O5P. The molecule has 1 saturated carbocycles. The van der Waals surface area contributed by atoms with Crippen LogP contribution in [0.4, 0.5) is 43.3 Å². The molecule has 20 heteroatoms. The van der Waals surface area contributed by atoms with Crippen molar-refractivity contribution in [3.63, 3.8) is 0 Å². The molecule has 5 aliphatic rings. The average Bonchev–Trinajstić information content (AvgIpc) is 3.87. The van der Waals surface area contributed by atoms with E-state index in [1.165, 1.54) is 12.1 Å². The molecule has 11 rings (SSSR count). The van der Waals surface area contributed by atoms with Gasteiger partial charge >= 0.3 is 0 Å². The van der Waals surface area contributed by atoms with Crippen molar-refractivity contribution < 1.29 is 32.5 Å². The minimum absolute atomic E-state index is 0.0228. The van der Waals surface area contributed by atoms with Gasteiger partial charge in [-0.25, -0.2) is 13.8 Å². The normalized spacial score (nSPS) is 20.1. The van der Waals surface area contributed by atoms with E-state index in [1.54, 1.807) is 24.2 Å². The second kappa shape index (κ2) is 20.4. The zero-order valence-corrected chi connectivity index (χ0v) is 44.1. The number of piperazine rings is 1. The van der Waals surface area contributed by atoms with Crippen LogP contribution >= 0.6 is 23.1 Å². The topological polar surface area (TPSA) is 170 Å². The highest BCUT2D eigenvalue weighted by atomic mass is 79.9. The fourth-order valence-electron chi connectivity index (χ4n) is 11.2. The van der Waals surface area contributed by atoms with E-state index in [0.29, 0.717) is 72.0 Å². The predicted octanol–water partition coefficient (Wildman–Crippen LogP) is 8.51. The number of aromatic nitrogens is 4. The van der Waals surface area contributed by atoms with Gasteiger partial charge in [-0.1, -0.05) is 30.3 Å². The van der Waals surface area contributed by atoms with E-state index < -0.39 is 36.5 Å². The Morgan fingerprint density at radius 1 is 0.851 bits per heavy atom. The molecule has 1 unspecified atom stereocenters. The highest BCUT2D eigenvalue weighted by molar-refractivity contribution is 9.10. The van der Waals surface area contributed by atoms with Crippen molar-refractivity contribution in [3.8, 4) is 16.9 Å². The van der Waals surface area contributed by atoms with Crippen LogP contribution in [-0.2, 0) is 26.0 Å². The molecular weight excluding hydrogens is 1030 g/mol. The molecule has 5 fully saturated rings. The summed E-state index contributed by atoms with van der Waals surface area (Å²) >= 11 is 3.65. The Morgan fingerprint density at radius 2 is 1.59 bits per heavy atom. The maximum Gasteiger partial charge on any atom is 0.234 e. The lowest BCUT2D eigenvalue weighted by Gasteiger charge is -2.44. The maximum atomic E-state index is 15.4. The fourth-order valence-corrected chi connectivity index (χ4v) is 13.0. The van der Waals surface area contributed by atoms with Gasteiger partial charge in [0.2, 0.25) is 23.7 Å².